The highest BCUT2D eigenvalue weighted by molar-refractivity contribution is 5.80. The Balaban J connectivity index is 1.32. The summed E-state index contributed by atoms with van der Waals surface area (Å²) in [4.78, 5) is 7.06. The maximum atomic E-state index is 6.12. The average molecular weight is 366 g/mol. The number of methoxy groups -OCH3 is 1. The lowest BCUT2D eigenvalue weighted by Crippen LogP contribution is -2.69. The van der Waals surface area contributed by atoms with Gasteiger partial charge in [-0.3, -0.25) is 4.99 Å². The third kappa shape index (κ3) is 3.25. The van der Waals surface area contributed by atoms with E-state index in [0.717, 1.165) is 32.3 Å². The van der Waals surface area contributed by atoms with Crippen molar-refractivity contribution >= 4 is 5.96 Å². The minimum atomic E-state index is 0.375. The Morgan fingerprint density at radius 3 is 2.88 bits per heavy atom. The molecule has 2 saturated heterocycles. The van der Waals surface area contributed by atoms with Crippen molar-refractivity contribution in [2.24, 2.45) is 22.2 Å². The fourth-order valence-corrected chi connectivity index (χ4v) is 5.89. The van der Waals surface area contributed by atoms with E-state index in [1.807, 2.05) is 7.05 Å². The molecule has 4 aliphatic rings. The average Bonchev–Trinajstić information content (AvgIpc) is 3.39. The fraction of sp³-hybridized carbons (Fsp3) is 0.950. The number of ether oxygens (including phenoxy) is 3. The van der Waals surface area contributed by atoms with Crippen molar-refractivity contribution in [3.63, 3.8) is 0 Å². The van der Waals surface area contributed by atoms with E-state index >= 15 is 0 Å². The Morgan fingerprint density at radius 2 is 2.12 bits per heavy atom. The van der Waals surface area contributed by atoms with Gasteiger partial charge < -0.3 is 24.4 Å². The third-order valence-electron chi connectivity index (χ3n) is 7.15. The van der Waals surface area contributed by atoms with Crippen molar-refractivity contribution in [1.82, 2.24) is 10.2 Å². The number of nitrogens with zero attached hydrogens (tertiary/aromatic N) is 2. The zero-order chi connectivity index (χ0) is 18.0. The molecule has 1 N–H and O–H groups in total. The van der Waals surface area contributed by atoms with Crippen LogP contribution in [0.25, 0.3) is 0 Å². The molecule has 0 bridgehead atoms. The molecule has 0 aromatic rings. The minimum absolute atomic E-state index is 0.375. The molecule has 6 nitrogen and oxygen atoms in total. The monoisotopic (exact) mass is 365 g/mol. The van der Waals surface area contributed by atoms with Crippen molar-refractivity contribution in [2.75, 3.05) is 53.7 Å². The number of hydrogen-bond acceptors (Lipinski definition) is 4. The van der Waals surface area contributed by atoms with Gasteiger partial charge in [0.15, 0.2) is 5.96 Å². The molecule has 1 spiro atoms. The molecular formula is C20H35N3O3. The SMILES string of the molecule is CN=C(NC1C2CCOC2C12CCCC2)N1CCC(COCCOC)C1. The van der Waals surface area contributed by atoms with Gasteiger partial charge in [-0.05, 0) is 25.7 Å². The second kappa shape index (κ2) is 8.03. The molecule has 0 aromatic carbocycles. The van der Waals surface area contributed by atoms with Crippen molar-refractivity contribution in [1.29, 1.82) is 0 Å². The van der Waals surface area contributed by atoms with E-state index in [9.17, 15) is 0 Å². The quantitative estimate of drug-likeness (QED) is 0.443. The van der Waals surface area contributed by atoms with E-state index in [-0.39, 0.29) is 0 Å². The van der Waals surface area contributed by atoms with Crippen LogP contribution in [0.15, 0.2) is 4.99 Å². The molecule has 4 unspecified atom stereocenters. The molecule has 6 heteroatoms. The van der Waals surface area contributed by atoms with Crippen molar-refractivity contribution in [3.05, 3.63) is 0 Å². The smallest absolute Gasteiger partial charge is 0.193 e. The molecule has 26 heavy (non-hydrogen) atoms. The lowest BCUT2D eigenvalue weighted by Gasteiger charge is -2.57. The van der Waals surface area contributed by atoms with Crippen LogP contribution in [-0.2, 0) is 14.2 Å². The molecule has 0 amide bonds. The molecule has 2 heterocycles. The van der Waals surface area contributed by atoms with Crippen LogP contribution in [0.4, 0.5) is 0 Å². The Bertz CT molecular complexity index is 507. The molecule has 2 saturated carbocycles. The predicted octanol–water partition coefficient (Wildman–Crippen LogP) is 1.89. The lowest BCUT2D eigenvalue weighted by molar-refractivity contribution is -0.125. The topological polar surface area (TPSA) is 55.3 Å². The van der Waals surface area contributed by atoms with Crippen LogP contribution in [-0.4, -0.2) is 76.7 Å². The van der Waals surface area contributed by atoms with Gasteiger partial charge >= 0.3 is 0 Å². The van der Waals surface area contributed by atoms with Gasteiger partial charge in [-0.25, -0.2) is 0 Å². The zero-order valence-electron chi connectivity index (χ0n) is 16.4. The van der Waals surface area contributed by atoms with Gasteiger partial charge in [-0.2, -0.15) is 0 Å². The maximum Gasteiger partial charge on any atom is 0.193 e. The molecule has 4 rings (SSSR count). The van der Waals surface area contributed by atoms with E-state index in [1.165, 1.54) is 38.5 Å². The van der Waals surface area contributed by atoms with E-state index in [2.05, 4.69) is 15.2 Å². The number of aliphatic imine (C=N–C) groups is 1. The van der Waals surface area contributed by atoms with Crippen LogP contribution in [0.2, 0.25) is 0 Å². The lowest BCUT2D eigenvalue weighted by atomic mass is 9.54. The van der Waals surface area contributed by atoms with Crippen molar-refractivity contribution in [3.8, 4) is 0 Å². The third-order valence-corrected chi connectivity index (χ3v) is 7.15. The summed E-state index contributed by atoms with van der Waals surface area (Å²) >= 11 is 0. The van der Waals surface area contributed by atoms with Crippen LogP contribution < -0.4 is 5.32 Å². The first-order valence-corrected chi connectivity index (χ1v) is 10.4. The van der Waals surface area contributed by atoms with Crippen LogP contribution in [0.3, 0.4) is 0 Å². The summed E-state index contributed by atoms with van der Waals surface area (Å²) in [5, 5.41) is 3.88. The van der Waals surface area contributed by atoms with E-state index in [0.29, 0.717) is 42.6 Å². The van der Waals surface area contributed by atoms with Crippen LogP contribution in [0.5, 0.6) is 0 Å². The van der Waals surface area contributed by atoms with Crippen LogP contribution in [0.1, 0.15) is 38.5 Å². The summed E-state index contributed by atoms with van der Waals surface area (Å²) in [5.74, 6) is 2.36. The first kappa shape index (κ1) is 18.5. The summed E-state index contributed by atoms with van der Waals surface area (Å²) in [7, 11) is 3.64. The highest BCUT2D eigenvalue weighted by Crippen LogP contribution is 2.60. The van der Waals surface area contributed by atoms with Crippen LogP contribution >= 0.6 is 0 Å². The van der Waals surface area contributed by atoms with Gasteiger partial charge in [0, 0.05) is 57.1 Å². The molecule has 0 radical (unpaired) electrons. The highest BCUT2D eigenvalue weighted by atomic mass is 16.5. The highest BCUT2D eigenvalue weighted by Gasteiger charge is 2.65. The first-order valence-electron chi connectivity index (χ1n) is 10.4. The first-order chi connectivity index (χ1) is 12.8. The van der Waals surface area contributed by atoms with Gasteiger partial charge in [-0.1, -0.05) is 12.8 Å². The zero-order valence-corrected chi connectivity index (χ0v) is 16.4. The summed E-state index contributed by atoms with van der Waals surface area (Å²) in [6.07, 6.45) is 8.23. The summed E-state index contributed by atoms with van der Waals surface area (Å²) in [6, 6.07) is 0.549. The predicted molar refractivity (Wildman–Crippen MR) is 101 cm³/mol. The molecule has 0 aromatic heterocycles. The van der Waals surface area contributed by atoms with Gasteiger partial charge in [-0.15, -0.1) is 0 Å². The van der Waals surface area contributed by atoms with E-state index < -0.39 is 0 Å². The minimum Gasteiger partial charge on any atom is -0.382 e. The number of hydrogen-bond donors (Lipinski definition) is 1. The largest absolute Gasteiger partial charge is 0.382 e. The number of fused-ring (bicyclic) bond motifs is 2. The molecular weight excluding hydrogens is 330 g/mol. The van der Waals surface area contributed by atoms with Gasteiger partial charge in [0.2, 0.25) is 0 Å². The summed E-state index contributed by atoms with van der Waals surface area (Å²) in [6.45, 7) is 5.24. The van der Waals surface area contributed by atoms with Crippen LogP contribution in [0, 0.1) is 17.3 Å². The van der Waals surface area contributed by atoms with Gasteiger partial charge in [0.25, 0.3) is 0 Å². The number of guanidine groups is 1. The summed E-state index contributed by atoms with van der Waals surface area (Å²) in [5.41, 5.74) is 0.375. The van der Waals surface area contributed by atoms with Gasteiger partial charge in [0.05, 0.1) is 25.9 Å². The number of likely N-dealkylation sites (tertiary alicyclic amines) is 1. The van der Waals surface area contributed by atoms with Crippen molar-refractivity contribution < 1.29 is 14.2 Å². The second-order valence-electron chi connectivity index (χ2n) is 8.52. The Morgan fingerprint density at radius 1 is 1.27 bits per heavy atom. The Kier molecular flexibility index (Phi) is 5.72. The van der Waals surface area contributed by atoms with E-state index in [4.69, 9.17) is 14.2 Å². The molecule has 4 fully saturated rings. The number of nitrogens with one attached hydrogen (secondary N) is 1. The Hall–Kier alpha value is -0.850. The number of rotatable bonds is 6. The van der Waals surface area contributed by atoms with Crippen molar-refractivity contribution in [2.45, 2.75) is 50.7 Å². The normalized spacial score (nSPS) is 35.8. The molecule has 4 atom stereocenters. The molecule has 148 valence electrons. The standard InChI is InChI=1S/C20H35N3O3/c1-21-19(23-9-5-15(13-23)14-25-12-11-24-2)22-17-16-6-10-26-18(16)20(17)7-3-4-8-20/h15-18H,3-14H2,1-2H3,(H,21,22). The maximum absolute atomic E-state index is 6.12. The molecule has 2 aliphatic carbocycles. The fourth-order valence-electron chi connectivity index (χ4n) is 5.89. The van der Waals surface area contributed by atoms with Gasteiger partial charge in [0.1, 0.15) is 0 Å². The van der Waals surface area contributed by atoms with E-state index in [1.54, 1.807) is 7.11 Å². The Labute approximate surface area is 157 Å². The summed E-state index contributed by atoms with van der Waals surface area (Å²) < 4.78 is 16.9. The molecule has 2 aliphatic heterocycles. The second-order valence-corrected chi connectivity index (χ2v) is 8.52.